The van der Waals surface area contributed by atoms with Gasteiger partial charge in [0.1, 0.15) is 5.76 Å². The van der Waals surface area contributed by atoms with Gasteiger partial charge in [-0.2, -0.15) is 0 Å². The van der Waals surface area contributed by atoms with Crippen LogP contribution in [0.4, 0.5) is 0 Å². The molecule has 0 amide bonds. The van der Waals surface area contributed by atoms with E-state index in [1.807, 2.05) is 13.8 Å². The molecule has 0 spiro atoms. The van der Waals surface area contributed by atoms with Gasteiger partial charge in [0.25, 0.3) is 0 Å². The van der Waals surface area contributed by atoms with Gasteiger partial charge in [-0.25, -0.2) is 0 Å². The number of nitrogens with zero attached hydrogens (tertiary/aromatic N) is 2. The quantitative estimate of drug-likeness (QED) is 0.853. The van der Waals surface area contributed by atoms with E-state index in [-0.39, 0.29) is 5.41 Å². The summed E-state index contributed by atoms with van der Waals surface area (Å²) < 4.78 is 16.9. The van der Waals surface area contributed by atoms with Crippen LogP contribution in [0.2, 0.25) is 0 Å². The van der Waals surface area contributed by atoms with Crippen molar-refractivity contribution in [2.75, 3.05) is 33.4 Å². The molecule has 2 saturated heterocycles. The summed E-state index contributed by atoms with van der Waals surface area (Å²) in [4.78, 5) is 2.51. The third-order valence-electron chi connectivity index (χ3n) is 5.06. The van der Waals surface area contributed by atoms with E-state index >= 15 is 0 Å². The number of aryl methyl sites for hydroxylation is 2. The van der Waals surface area contributed by atoms with E-state index in [1.165, 1.54) is 12.0 Å². The van der Waals surface area contributed by atoms with Crippen molar-refractivity contribution in [1.29, 1.82) is 0 Å². The molecule has 3 rings (SSSR count). The van der Waals surface area contributed by atoms with Crippen molar-refractivity contribution in [1.82, 2.24) is 10.1 Å². The van der Waals surface area contributed by atoms with Gasteiger partial charge in [-0.05, 0) is 33.1 Å². The van der Waals surface area contributed by atoms with Crippen LogP contribution in [0.25, 0.3) is 0 Å². The molecule has 1 aromatic heterocycles. The summed E-state index contributed by atoms with van der Waals surface area (Å²) in [6, 6.07) is 0. The van der Waals surface area contributed by atoms with Crippen LogP contribution in [0.3, 0.4) is 0 Å². The zero-order valence-electron chi connectivity index (χ0n) is 13.4. The van der Waals surface area contributed by atoms with Crippen molar-refractivity contribution in [2.45, 2.75) is 45.8 Å². The largest absolute Gasteiger partial charge is 0.384 e. The van der Waals surface area contributed by atoms with Crippen LogP contribution in [0, 0.1) is 19.3 Å². The molecule has 0 saturated carbocycles. The number of likely N-dealkylation sites (tertiary alicyclic amines) is 1. The fourth-order valence-electron chi connectivity index (χ4n) is 3.97. The summed E-state index contributed by atoms with van der Waals surface area (Å²) in [5.74, 6) is 0.940. The number of hydrogen-bond donors (Lipinski definition) is 0. The SMILES string of the molecule is COCC12CCCOC1CCN(Cc1c(C)noc1C)C2. The van der Waals surface area contributed by atoms with Crippen LogP contribution in [0.15, 0.2) is 4.52 Å². The van der Waals surface area contributed by atoms with Crippen LogP contribution in [-0.4, -0.2) is 49.6 Å². The molecule has 118 valence electrons. The maximum atomic E-state index is 6.03. The number of rotatable bonds is 4. The lowest BCUT2D eigenvalue weighted by molar-refractivity contribution is -0.149. The monoisotopic (exact) mass is 294 g/mol. The van der Waals surface area contributed by atoms with Crippen molar-refractivity contribution in [3.05, 3.63) is 17.0 Å². The minimum atomic E-state index is 0.157. The summed E-state index contributed by atoms with van der Waals surface area (Å²) >= 11 is 0. The van der Waals surface area contributed by atoms with Gasteiger partial charge in [0.15, 0.2) is 0 Å². The van der Waals surface area contributed by atoms with E-state index in [9.17, 15) is 0 Å². The fourth-order valence-corrected chi connectivity index (χ4v) is 3.97. The van der Waals surface area contributed by atoms with Crippen molar-refractivity contribution >= 4 is 0 Å². The summed E-state index contributed by atoms with van der Waals surface area (Å²) in [6.45, 7) is 8.73. The van der Waals surface area contributed by atoms with Gasteiger partial charge in [0, 0.05) is 44.3 Å². The van der Waals surface area contributed by atoms with Gasteiger partial charge in [-0.15, -0.1) is 0 Å². The molecule has 21 heavy (non-hydrogen) atoms. The minimum absolute atomic E-state index is 0.157. The molecule has 2 aliphatic heterocycles. The highest BCUT2D eigenvalue weighted by atomic mass is 16.5. The first-order valence-corrected chi connectivity index (χ1v) is 7.89. The number of hydrogen-bond acceptors (Lipinski definition) is 5. The van der Waals surface area contributed by atoms with E-state index in [4.69, 9.17) is 14.0 Å². The molecular weight excluding hydrogens is 268 g/mol. The smallest absolute Gasteiger partial charge is 0.138 e. The highest BCUT2D eigenvalue weighted by molar-refractivity contribution is 5.20. The van der Waals surface area contributed by atoms with E-state index in [0.717, 1.165) is 57.1 Å². The van der Waals surface area contributed by atoms with Crippen LogP contribution < -0.4 is 0 Å². The lowest BCUT2D eigenvalue weighted by atomic mass is 9.73. The highest BCUT2D eigenvalue weighted by Gasteiger charge is 2.46. The lowest BCUT2D eigenvalue weighted by Crippen LogP contribution is -2.56. The van der Waals surface area contributed by atoms with E-state index in [2.05, 4.69) is 10.1 Å². The Bertz CT molecular complexity index is 464. The van der Waals surface area contributed by atoms with Crippen LogP contribution >= 0.6 is 0 Å². The molecule has 5 nitrogen and oxygen atoms in total. The lowest BCUT2D eigenvalue weighted by Gasteiger charge is -2.50. The molecule has 3 heterocycles. The van der Waals surface area contributed by atoms with Crippen LogP contribution in [-0.2, 0) is 16.0 Å². The Morgan fingerprint density at radius 2 is 2.29 bits per heavy atom. The Morgan fingerprint density at radius 3 is 3.00 bits per heavy atom. The fraction of sp³-hybridized carbons (Fsp3) is 0.812. The molecule has 0 bridgehead atoms. The van der Waals surface area contributed by atoms with Crippen molar-refractivity contribution in [2.24, 2.45) is 5.41 Å². The third kappa shape index (κ3) is 2.87. The standard InChI is InChI=1S/C16H26N2O3/c1-12-14(13(2)21-17-12)9-18-7-5-15-16(10-18,11-19-3)6-4-8-20-15/h15H,4-11H2,1-3H3. The van der Waals surface area contributed by atoms with Crippen LogP contribution in [0.5, 0.6) is 0 Å². The molecule has 5 heteroatoms. The second-order valence-electron chi connectivity index (χ2n) is 6.56. The molecule has 2 atom stereocenters. The normalized spacial score (nSPS) is 30.3. The number of methoxy groups -OCH3 is 1. The van der Waals surface area contributed by atoms with Gasteiger partial charge in [0.05, 0.1) is 18.4 Å². The molecule has 0 aliphatic carbocycles. The molecule has 2 aliphatic rings. The summed E-state index contributed by atoms with van der Waals surface area (Å²) in [5.41, 5.74) is 2.40. The maximum absolute atomic E-state index is 6.03. The number of piperidine rings is 1. The maximum Gasteiger partial charge on any atom is 0.138 e. The minimum Gasteiger partial charge on any atom is -0.384 e. The van der Waals surface area contributed by atoms with E-state index in [1.54, 1.807) is 7.11 Å². The van der Waals surface area contributed by atoms with Crippen LogP contribution in [0.1, 0.15) is 36.3 Å². The molecule has 0 N–H and O–H groups in total. The van der Waals surface area contributed by atoms with Crippen molar-refractivity contribution in [3.8, 4) is 0 Å². The average Bonchev–Trinajstić information content (AvgIpc) is 2.79. The third-order valence-corrected chi connectivity index (χ3v) is 5.06. The van der Waals surface area contributed by atoms with E-state index in [0.29, 0.717) is 6.10 Å². The van der Waals surface area contributed by atoms with Gasteiger partial charge in [-0.1, -0.05) is 5.16 Å². The van der Waals surface area contributed by atoms with Gasteiger partial charge >= 0.3 is 0 Å². The van der Waals surface area contributed by atoms with Gasteiger partial charge < -0.3 is 14.0 Å². The number of ether oxygens (including phenoxy) is 2. The second kappa shape index (κ2) is 6.07. The Balaban J connectivity index is 1.74. The molecule has 2 unspecified atom stereocenters. The molecule has 2 fully saturated rings. The molecule has 0 aromatic carbocycles. The molecule has 1 aromatic rings. The zero-order chi connectivity index (χ0) is 14.9. The molecule has 0 radical (unpaired) electrons. The number of fused-ring (bicyclic) bond motifs is 1. The van der Waals surface area contributed by atoms with Gasteiger partial charge in [0.2, 0.25) is 0 Å². The van der Waals surface area contributed by atoms with Crippen molar-refractivity contribution < 1.29 is 14.0 Å². The van der Waals surface area contributed by atoms with Gasteiger partial charge in [-0.3, -0.25) is 4.90 Å². The van der Waals surface area contributed by atoms with E-state index < -0.39 is 0 Å². The average molecular weight is 294 g/mol. The predicted octanol–water partition coefficient (Wildman–Crippen LogP) is 2.31. The Morgan fingerprint density at radius 1 is 1.43 bits per heavy atom. The molecular formula is C16H26N2O3. The zero-order valence-corrected chi connectivity index (χ0v) is 13.4. The summed E-state index contributed by atoms with van der Waals surface area (Å²) in [7, 11) is 1.80. The van der Waals surface area contributed by atoms with Crippen molar-refractivity contribution in [3.63, 3.8) is 0 Å². The Kier molecular flexibility index (Phi) is 4.33. The summed E-state index contributed by atoms with van der Waals surface area (Å²) in [6.07, 6.45) is 3.78. The predicted molar refractivity (Wildman–Crippen MR) is 79.2 cm³/mol. The second-order valence-corrected chi connectivity index (χ2v) is 6.56. The Hall–Kier alpha value is -0.910. The summed E-state index contributed by atoms with van der Waals surface area (Å²) in [5, 5.41) is 4.07. The highest BCUT2D eigenvalue weighted by Crippen LogP contribution is 2.40. The Labute approximate surface area is 126 Å². The number of aromatic nitrogens is 1. The first kappa shape index (κ1) is 15.0. The topological polar surface area (TPSA) is 47.7 Å². The first-order chi connectivity index (χ1) is 10.1. The first-order valence-electron chi connectivity index (χ1n) is 7.89.